The molecule has 0 atom stereocenters. The third kappa shape index (κ3) is 8.54. The van der Waals surface area contributed by atoms with E-state index in [1.54, 1.807) is 0 Å². The number of rotatable bonds is 3. The van der Waals surface area contributed by atoms with Gasteiger partial charge in [0.25, 0.3) is 0 Å². The molecule has 0 saturated carbocycles. The van der Waals surface area contributed by atoms with E-state index in [9.17, 15) is 0 Å². The third-order valence-corrected chi connectivity index (χ3v) is 7.46. The van der Waals surface area contributed by atoms with Crippen molar-refractivity contribution in [1.29, 1.82) is 0 Å². The fourth-order valence-electron chi connectivity index (χ4n) is 4.09. The largest absolute Gasteiger partial charge is 0.126 e. The quantitative estimate of drug-likeness (QED) is 0.280. The molecular formula is C34H30Cl2Zr-2. The fraction of sp³-hybridized carbons (Fsp3) is 0.118. The van der Waals surface area contributed by atoms with Crippen molar-refractivity contribution in [2.45, 2.75) is 20.3 Å². The SMILES string of the molecule is CC(C)C1=CC[C-]=C1.[Cl-].[Cl-].[Zr+2]=[C](c1ccccc1)c1ccccc1.c1ccc2c(c1)[cH-]c1ccccc12. The zero-order valence-corrected chi connectivity index (χ0v) is 25.1. The Hall–Kier alpha value is -2.44. The van der Waals surface area contributed by atoms with Gasteiger partial charge in [-0.25, -0.2) is 6.08 Å². The Morgan fingerprint density at radius 3 is 1.49 bits per heavy atom. The van der Waals surface area contributed by atoms with Gasteiger partial charge in [0.1, 0.15) is 0 Å². The van der Waals surface area contributed by atoms with E-state index in [0.29, 0.717) is 5.92 Å². The van der Waals surface area contributed by atoms with Crippen LogP contribution in [0.3, 0.4) is 0 Å². The maximum absolute atomic E-state index is 3.14. The molecule has 0 unspecified atom stereocenters. The van der Waals surface area contributed by atoms with Gasteiger partial charge in [-0.2, -0.15) is 11.6 Å². The molecule has 0 fully saturated rings. The molecule has 5 aromatic carbocycles. The number of benzene rings is 4. The minimum atomic E-state index is 0. The van der Waals surface area contributed by atoms with Crippen LogP contribution < -0.4 is 24.8 Å². The molecule has 0 nitrogen and oxygen atoms in total. The topological polar surface area (TPSA) is 0 Å². The molecule has 0 amide bonds. The maximum atomic E-state index is 3.14. The average molecular weight is 601 g/mol. The van der Waals surface area contributed by atoms with Gasteiger partial charge in [0, 0.05) is 0 Å². The van der Waals surface area contributed by atoms with E-state index >= 15 is 0 Å². The second-order valence-corrected chi connectivity index (χ2v) is 10.1. The number of halogens is 2. The van der Waals surface area contributed by atoms with Crippen LogP contribution in [0.25, 0.3) is 21.5 Å². The first-order valence-electron chi connectivity index (χ1n) is 12.1. The normalized spacial score (nSPS) is 11.4. The first-order chi connectivity index (χ1) is 17.1. The average Bonchev–Trinajstić information content (AvgIpc) is 3.59. The third-order valence-electron chi connectivity index (χ3n) is 6.04. The van der Waals surface area contributed by atoms with E-state index in [-0.39, 0.29) is 24.8 Å². The molecule has 0 radical (unpaired) electrons. The Morgan fingerprint density at radius 1 is 0.676 bits per heavy atom. The van der Waals surface area contributed by atoms with Crippen molar-refractivity contribution in [3.05, 3.63) is 150 Å². The van der Waals surface area contributed by atoms with E-state index < -0.39 is 0 Å². The van der Waals surface area contributed by atoms with Crippen molar-refractivity contribution in [3.63, 3.8) is 0 Å². The van der Waals surface area contributed by atoms with Crippen molar-refractivity contribution in [2.75, 3.05) is 0 Å². The molecule has 0 aliphatic heterocycles. The van der Waals surface area contributed by atoms with Gasteiger partial charge in [-0.15, -0.1) is 46.2 Å². The zero-order chi connectivity index (χ0) is 24.5. The molecular weight excluding hydrogens is 571 g/mol. The monoisotopic (exact) mass is 598 g/mol. The van der Waals surface area contributed by atoms with Gasteiger partial charge in [0.2, 0.25) is 0 Å². The van der Waals surface area contributed by atoms with Crippen LogP contribution in [0.2, 0.25) is 0 Å². The van der Waals surface area contributed by atoms with E-state index in [2.05, 4.69) is 147 Å². The molecule has 0 spiro atoms. The molecule has 0 heterocycles. The van der Waals surface area contributed by atoms with Gasteiger partial charge in [0.05, 0.1) is 0 Å². The van der Waals surface area contributed by atoms with Crippen molar-refractivity contribution in [2.24, 2.45) is 5.92 Å². The second kappa shape index (κ2) is 15.7. The predicted molar refractivity (Wildman–Crippen MR) is 148 cm³/mol. The summed E-state index contributed by atoms with van der Waals surface area (Å²) in [7, 11) is 0. The summed E-state index contributed by atoms with van der Waals surface area (Å²) in [5.41, 5.74) is 4.10. The van der Waals surface area contributed by atoms with Crippen molar-refractivity contribution in [1.82, 2.24) is 0 Å². The molecule has 0 saturated heterocycles. The summed E-state index contributed by atoms with van der Waals surface area (Å²) in [5, 5.41) is 5.39. The first-order valence-corrected chi connectivity index (χ1v) is 13.4. The van der Waals surface area contributed by atoms with Gasteiger partial charge in [-0.1, -0.05) is 56.2 Å². The predicted octanol–water partition coefficient (Wildman–Crippen LogP) is 2.85. The Bertz CT molecular complexity index is 1350. The van der Waals surface area contributed by atoms with Gasteiger partial charge < -0.3 is 24.8 Å². The van der Waals surface area contributed by atoms with Crippen LogP contribution in [0.1, 0.15) is 31.4 Å². The molecule has 6 rings (SSSR count). The molecule has 0 N–H and O–H groups in total. The van der Waals surface area contributed by atoms with Crippen LogP contribution in [0.4, 0.5) is 0 Å². The Kier molecular flexibility index (Phi) is 13.1. The van der Waals surface area contributed by atoms with Gasteiger partial charge >= 0.3 is 99.2 Å². The van der Waals surface area contributed by atoms with E-state index in [1.165, 1.54) is 65.7 Å². The zero-order valence-electron chi connectivity index (χ0n) is 21.2. The Balaban J connectivity index is 0.000000197. The van der Waals surface area contributed by atoms with Crippen LogP contribution in [0.5, 0.6) is 0 Å². The van der Waals surface area contributed by atoms with Gasteiger partial charge in [-0.3, -0.25) is 6.08 Å². The van der Waals surface area contributed by atoms with Gasteiger partial charge in [-0.05, 0) is 0 Å². The molecule has 5 aromatic rings. The smallest absolute Gasteiger partial charge is 0.0771 e. The second-order valence-electron chi connectivity index (χ2n) is 8.84. The Morgan fingerprint density at radius 2 is 1.11 bits per heavy atom. The van der Waals surface area contributed by atoms with Gasteiger partial charge in [0.15, 0.2) is 0 Å². The molecule has 0 aromatic heterocycles. The number of hydrogen-bond acceptors (Lipinski definition) is 0. The van der Waals surface area contributed by atoms with Crippen LogP contribution in [0.15, 0.2) is 133 Å². The first kappa shape index (κ1) is 30.8. The van der Waals surface area contributed by atoms with E-state index in [1.807, 2.05) is 0 Å². The maximum Gasteiger partial charge on any atom is -0.0771 e. The number of hydrogen-bond donors (Lipinski definition) is 0. The molecule has 1 aliphatic rings. The summed E-state index contributed by atoms with van der Waals surface area (Å²) in [4.78, 5) is 0. The summed E-state index contributed by atoms with van der Waals surface area (Å²) < 4.78 is 1.42. The molecule has 186 valence electrons. The minimum absolute atomic E-state index is 0. The summed E-state index contributed by atoms with van der Waals surface area (Å²) >= 11 is 1.46. The van der Waals surface area contributed by atoms with E-state index in [0.717, 1.165) is 6.42 Å². The van der Waals surface area contributed by atoms with Crippen LogP contribution in [-0.4, -0.2) is 3.21 Å². The number of fused-ring (bicyclic) bond motifs is 3. The summed E-state index contributed by atoms with van der Waals surface area (Å²) in [5.74, 6) is 0.685. The standard InChI is InChI=1S/C13H9.C13H10.C8H11.2ClH.Zr/c1-3-7-12-10(5-1)9-11-6-2-4-8-13(11)12;1-3-7-12(8-4-1)11-13-9-5-2-6-10-13;1-7(2)8-5-3-4-6-8;;;/h1-9H;1-10H;5-7H,3H2,1-2H3;2*1H;/q-1;;-1;;;+2/p-2. The van der Waals surface area contributed by atoms with Crippen LogP contribution in [0, 0.1) is 12.0 Å². The van der Waals surface area contributed by atoms with Crippen molar-refractivity contribution < 1.29 is 49.0 Å². The molecule has 3 heteroatoms. The van der Waals surface area contributed by atoms with Crippen molar-refractivity contribution in [3.8, 4) is 0 Å². The molecule has 0 bridgehead atoms. The minimum Gasteiger partial charge on any atom is -0.126 e. The summed E-state index contributed by atoms with van der Waals surface area (Å²) in [6.45, 7) is 4.41. The molecule has 37 heavy (non-hydrogen) atoms. The Labute approximate surface area is 248 Å². The molecule has 1 aliphatic carbocycles. The van der Waals surface area contributed by atoms with Crippen LogP contribution >= 0.6 is 0 Å². The summed E-state index contributed by atoms with van der Waals surface area (Å²) in [6, 6.07) is 40.4. The van der Waals surface area contributed by atoms with Crippen molar-refractivity contribution >= 4 is 24.8 Å². The number of allylic oxidation sites excluding steroid dienone is 4. The summed E-state index contributed by atoms with van der Waals surface area (Å²) in [6.07, 6.45) is 8.47. The fourth-order valence-corrected chi connectivity index (χ4v) is 4.91. The van der Waals surface area contributed by atoms with Crippen LogP contribution in [-0.2, 0) is 24.2 Å². The van der Waals surface area contributed by atoms with E-state index in [4.69, 9.17) is 0 Å².